The zero-order valence-electron chi connectivity index (χ0n) is 11.1. The molecule has 0 radical (unpaired) electrons. The van der Waals surface area contributed by atoms with Crippen molar-refractivity contribution in [1.29, 1.82) is 5.26 Å². The van der Waals surface area contributed by atoms with Crippen LogP contribution in [0.1, 0.15) is 31.2 Å². The lowest BCUT2D eigenvalue weighted by atomic mass is 10.1. The lowest BCUT2D eigenvalue weighted by molar-refractivity contribution is 0.0702. The van der Waals surface area contributed by atoms with E-state index in [2.05, 4.69) is 6.07 Å². The largest absolute Gasteiger partial charge is 0.489 e. The van der Waals surface area contributed by atoms with Gasteiger partial charge in [-0.15, -0.1) is 11.3 Å². The van der Waals surface area contributed by atoms with Gasteiger partial charge in [0.25, 0.3) is 0 Å². The second kappa shape index (κ2) is 5.76. The number of hydrogen-bond donors (Lipinski definition) is 1. The number of carboxylic acids is 1. The summed E-state index contributed by atoms with van der Waals surface area (Å²) in [5.41, 5.74) is 2.34. The van der Waals surface area contributed by atoms with E-state index in [0.717, 1.165) is 16.0 Å². The molecule has 0 saturated carbocycles. The molecule has 20 heavy (non-hydrogen) atoms. The summed E-state index contributed by atoms with van der Waals surface area (Å²) in [5, 5.41) is 17.8. The molecule has 4 nitrogen and oxygen atoms in total. The van der Waals surface area contributed by atoms with Gasteiger partial charge in [-0.3, -0.25) is 0 Å². The summed E-state index contributed by atoms with van der Waals surface area (Å²) < 4.78 is 5.70. The maximum atomic E-state index is 10.9. The van der Waals surface area contributed by atoms with Gasteiger partial charge in [0.1, 0.15) is 17.2 Å². The highest BCUT2D eigenvalue weighted by Gasteiger charge is 2.12. The number of ether oxygens (including phenoxy) is 1. The van der Waals surface area contributed by atoms with Gasteiger partial charge in [0, 0.05) is 10.4 Å². The fourth-order valence-electron chi connectivity index (χ4n) is 1.75. The van der Waals surface area contributed by atoms with Crippen LogP contribution in [0.25, 0.3) is 0 Å². The Labute approximate surface area is 120 Å². The van der Waals surface area contributed by atoms with E-state index in [-0.39, 0.29) is 0 Å². The third-order valence-electron chi connectivity index (χ3n) is 2.93. The SMILES string of the molecule is Cc1ccc(C#N)cc1OCc1cc(C(=O)O)sc1C. The Morgan fingerprint density at radius 1 is 1.40 bits per heavy atom. The lowest BCUT2D eigenvalue weighted by Gasteiger charge is -2.09. The number of aromatic carboxylic acids is 1. The van der Waals surface area contributed by atoms with E-state index in [0.29, 0.717) is 22.8 Å². The van der Waals surface area contributed by atoms with Gasteiger partial charge in [0.2, 0.25) is 0 Å². The van der Waals surface area contributed by atoms with Gasteiger partial charge in [-0.05, 0) is 37.6 Å². The molecular weight excluding hydrogens is 274 g/mol. The highest BCUT2D eigenvalue weighted by molar-refractivity contribution is 7.14. The van der Waals surface area contributed by atoms with Crippen molar-refractivity contribution in [3.05, 3.63) is 50.7 Å². The fourth-order valence-corrected chi connectivity index (χ4v) is 2.62. The van der Waals surface area contributed by atoms with Crippen molar-refractivity contribution in [2.24, 2.45) is 0 Å². The number of benzene rings is 1. The Morgan fingerprint density at radius 2 is 2.15 bits per heavy atom. The summed E-state index contributed by atoms with van der Waals surface area (Å²) in [6.07, 6.45) is 0. The van der Waals surface area contributed by atoms with E-state index in [4.69, 9.17) is 15.1 Å². The average molecular weight is 287 g/mol. The zero-order valence-corrected chi connectivity index (χ0v) is 12.0. The predicted molar refractivity (Wildman–Crippen MR) is 76.2 cm³/mol. The Bertz CT molecular complexity index is 698. The third-order valence-corrected chi connectivity index (χ3v) is 4.01. The number of rotatable bonds is 4. The van der Waals surface area contributed by atoms with Crippen molar-refractivity contribution in [2.75, 3.05) is 0 Å². The van der Waals surface area contributed by atoms with E-state index in [1.807, 2.05) is 19.9 Å². The molecule has 1 aromatic heterocycles. The van der Waals surface area contributed by atoms with Gasteiger partial charge in [-0.25, -0.2) is 4.79 Å². The van der Waals surface area contributed by atoms with Crippen LogP contribution >= 0.6 is 11.3 Å². The van der Waals surface area contributed by atoms with Crippen LogP contribution in [-0.2, 0) is 6.61 Å². The second-order valence-corrected chi connectivity index (χ2v) is 5.63. The van der Waals surface area contributed by atoms with E-state index < -0.39 is 5.97 Å². The summed E-state index contributed by atoms with van der Waals surface area (Å²) in [7, 11) is 0. The molecule has 1 heterocycles. The number of nitrogens with zero attached hydrogens (tertiary/aromatic N) is 1. The van der Waals surface area contributed by atoms with Crippen molar-refractivity contribution in [3.63, 3.8) is 0 Å². The molecule has 0 amide bonds. The number of carboxylic acid groups (broad SMARTS) is 1. The van der Waals surface area contributed by atoms with Crippen LogP contribution in [0.2, 0.25) is 0 Å². The minimum Gasteiger partial charge on any atom is -0.489 e. The van der Waals surface area contributed by atoms with Crippen molar-refractivity contribution in [3.8, 4) is 11.8 Å². The number of thiophene rings is 1. The topological polar surface area (TPSA) is 70.3 Å². The molecule has 0 aliphatic heterocycles. The first-order valence-electron chi connectivity index (χ1n) is 5.97. The number of hydrogen-bond acceptors (Lipinski definition) is 4. The minimum absolute atomic E-state index is 0.297. The second-order valence-electron chi connectivity index (χ2n) is 4.38. The Hall–Kier alpha value is -2.32. The van der Waals surface area contributed by atoms with Crippen LogP contribution in [0.5, 0.6) is 5.75 Å². The Kier molecular flexibility index (Phi) is 4.06. The summed E-state index contributed by atoms with van der Waals surface area (Å²) in [6.45, 7) is 4.07. The molecule has 5 heteroatoms. The predicted octanol–water partition coefficient (Wildman–Crippen LogP) is 3.51. The molecule has 102 valence electrons. The number of carbonyl (C=O) groups is 1. The van der Waals surface area contributed by atoms with Crippen LogP contribution in [0.3, 0.4) is 0 Å². The Balaban J connectivity index is 2.17. The molecule has 0 bridgehead atoms. The van der Waals surface area contributed by atoms with Crippen molar-refractivity contribution in [1.82, 2.24) is 0 Å². The molecule has 0 aliphatic rings. The average Bonchev–Trinajstić information content (AvgIpc) is 2.79. The van der Waals surface area contributed by atoms with Crippen LogP contribution in [0.15, 0.2) is 24.3 Å². The molecular formula is C15H13NO3S. The molecule has 2 aromatic rings. The van der Waals surface area contributed by atoms with Gasteiger partial charge in [-0.1, -0.05) is 6.07 Å². The van der Waals surface area contributed by atoms with Crippen molar-refractivity contribution in [2.45, 2.75) is 20.5 Å². The molecule has 0 fully saturated rings. The molecule has 0 atom stereocenters. The maximum absolute atomic E-state index is 10.9. The zero-order chi connectivity index (χ0) is 14.7. The first kappa shape index (κ1) is 14.1. The van der Waals surface area contributed by atoms with Gasteiger partial charge < -0.3 is 9.84 Å². The van der Waals surface area contributed by atoms with E-state index >= 15 is 0 Å². The summed E-state index contributed by atoms with van der Waals surface area (Å²) in [5.74, 6) is -0.279. The van der Waals surface area contributed by atoms with Gasteiger partial charge in [0.15, 0.2) is 0 Å². The molecule has 2 rings (SSSR count). The maximum Gasteiger partial charge on any atom is 0.345 e. The van der Waals surface area contributed by atoms with Crippen molar-refractivity contribution >= 4 is 17.3 Å². The quantitative estimate of drug-likeness (QED) is 0.934. The van der Waals surface area contributed by atoms with E-state index in [1.165, 1.54) is 11.3 Å². The molecule has 0 saturated heterocycles. The molecule has 0 aliphatic carbocycles. The number of aryl methyl sites for hydroxylation is 2. The lowest BCUT2D eigenvalue weighted by Crippen LogP contribution is -1.98. The van der Waals surface area contributed by atoms with Crippen molar-refractivity contribution < 1.29 is 14.6 Å². The van der Waals surface area contributed by atoms with Gasteiger partial charge in [0.05, 0.1) is 11.6 Å². The first-order valence-corrected chi connectivity index (χ1v) is 6.79. The van der Waals surface area contributed by atoms with Gasteiger partial charge >= 0.3 is 5.97 Å². The standard InChI is InChI=1S/C15H13NO3S/c1-9-3-4-11(7-16)5-13(9)19-8-12-6-14(15(17)18)20-10(12)2/h3-6H,8H2,1-2H3,(H,17,18). The minimum atomic E-state index is -0.924. The molecule has 1 aromatic carbocycles. The third kappa shape index (κ3) is 2.98. The Morgan fingerprint density at radius 3 is 2.75 bits per heavy atom. The summed E-state index contributed by atoms with van der Waals surface area (Å²) in [4.78, 5) is 12.1. The fraction of sp³-hybridized carbons (Fsp3) is 0.200. The van der Waals surface area contributed by atoms with E-state index in [9.17, 15) is 4.79 Å². The molecule has 0 spiro atoms. The summed E-state index contributed by atoms with van der Waals surface area (Å²) >= 11 is 1.24. The highest BCUT2D eigenvalue weighted by Crippen LogP contribution is 2.25. The molecule has 0 unspecified atom stereocenters. The normalized spacial score (nSPS) is 10.1. The highest BCUT2D eigenvalue weighted by atomic mass is 32.1. The smallest absolute Gasteiger partial charge is 0.345 e. The summed E-state index contributed by atoms with van der Waals surface area (Å²) in [6, 6.07) is 8.95. The van der Waals surface area contributed by atoms with Crippen LogP contribution < -0.4 is 4.74 Å². The molecule has 1 N–H and O–H groups in total. The monoisotopic (exact) mass is 287 g/mol. The van der Waals surface area contributed by atoms with E-state index in [1.54, 1.807) is 18.2 Å². The first-order chi connectivity index (χ1) is 9.51. The van der Waals surface area contributed by atoms with Gasteiger partial charge in [-0.2, -0.15) is 5.26 Å². The van der Waals surface area contributed by atoms with Crippen LogP contribution in [0, 0.1) is 25.2 Å². The van der Waals surface area contributed by atoms with Crippen LogP contribution in [-0.4, -0.2) is 11.1 Å². The van der Waals surface area contributed by atoms with Crippen LogP contribution in [0.4, 0.5) is 0 Å². The number of nitriles is 1.